The number of hydrogen-bond acceptors (Lipinski definition) is 1. The molecule has 1 rings (SSSR count). The maximum atomic E-state index is 4.92. The first kappa shape index (κ1) is 17.5. The Kier molecular flexibility index (Phi) is 10.6. The molecule has 1 aliphatic heterocycles. The van der Waals surface area contributed by atoms with E-state index in [9.17, 15) is 0 Å². The van der Waals surface area contributed by atoms with Gasteiger partial charge in [0.05, 0.1) is 6.04 Å². The van der Waals surface area contributed by atoms with Crippen LogP contribution in [0.2, 0.25) is 0 Å². The van der Waals surface area contributed by atoms with Gasteiger partial charge in [-0.15, -0.1) is 6.58 Å². The number of aliphatic imine (C=N–C) groups is 1. The van der Waals surface area contributed by atoms with Crippen molar-refractivity contribution in [3.63, 3.8) is 0 Å². The normalized spacial score (nSPS) is 18.2. The molecule has 0 saturated carbocycles. The first-order chi connectivity index (χ1) is 9.86. The third-order valence-corrected chi connectivity index (χ3v) is 4.40. The molecular formula is C19H35N. The summed E-state index contributed by atoms with van der Waals surface area (Å²) in [7, 11) is 0. The molecule has 0 aromatic carbocycles. The van der Waals surface area contributed by atoms with Crippen LogP contribution in [0.5, 0.6) is 0 Å². The summed E-state index contributed by atoms with van der Waals surface area (Å²) in [6.45, 7) is 6.06. The highest BCUT2D eigenvalue weighted by atomic mass is 14.8. The zero-order valence-corrected chi connectivity index (χ0v) is 13.7. The van der Waals surface area contributed by atoms with Gasteiger partial charge < -0.3 is 0 Å². The Hall–Kier alpha value is -0.590. The van der Waals surface area contributed by atoms with Crippen molar-refractivity contribution in [2.24, 2.45) is 4.99 Å². The van der Waals surface area contributed by atoms with E-state index in [1.54, 1.807) is 0 Å². The van der Waals surface area contributed by atoms with E-state index in [0.717, 1.165) is 0 Å². The molecule has 20 heavy (non-hydrogen) atoms. The highest BCUT2D eigenvalue weighted by molar-refractivity contribution is 5.86. The number of unbranched alkanes of at least 4 members (excludes halogenated alkanes) is 8. The average Bonchev–Trinajstić information content (AvgIpc) is 2.90. The fourth-order valence-corrected chi connectivity index (χ4v) is 3.07. The van der Waals surface area contributed by atoms with Crippen molar-refractivity contribution in [2.75, 3.05) is 0 Å². The molecule has 0 aromatic heterocycles. The highest BCUT2D eigenvalue weighted by Crippen LogP contribution is 2.22. The zero-order chi connectivity index (χ0) is 14.5. The van der Waals surface area contributed by atoms with Crippen LogP contribution in [0, 0.1) is 0 Å². The third kappa shape index (κ3) is 8.55. The molecule has 0 aliphatic carbocycles. The number of rotatable bonds is 13. The molecule has 1 atom stereocenters. The van der Waals surface area contributed by atoms with Crippen LogP contribution in [0.4, 0.5) is 0 Å². The summed E-state index contributed by atoms with van der Waals surface area (Å²) in [4.78, 5) is 4.92. The Morgan fingerprint density at radius 2 is 1.80 bits per heavy atom. The molecule has 0 fully saturated rings. The van der Waals surface area contributed by atoms with E-state index in [2.05, 4.69) is 13.5 Å². The van der Waals surface area contributed by atoms with Gasteiger partial charge in [0.25, 0.3) is 0 Å². The molecule has 1 aliphatic rings. The van der Waals surface area contributed by atoms with E-state index in [-0.39, 0.29) is 0 Å². The van der Waals surface area contributed by atoms with Crippen molar-refractivity contribution >= 4 is 5.71 Å². The predicted molar refractivity (Wildman–Crippen MR) is 91.7 cm³/mol. The van der Waals surface area contributed by atoms with Gasteiger partial charge in [-0.25, -0.2) is 0 Å². The van der Waals surface area contributed by atoms with Crippen molar-refractivity contribution in [2.45, 2.75) is 103 Å². The third-order valence-electron chi connectivity index (χ3n) is 4.40. The maximum Gasteiger partial charge on any atom is 0.0502 e. The lowest BCUT2D eigenvalue weighted by Crippen LogP contribution is -1.98. The largest absolute Gasteiger partial charge is 0.291 e. The molecule has 0 aromatic rings. The lowest BCUT2D eigenvalue weighted by atomic mass is 10.0. The first-order valence-electron chi connectivity index (χ1n) is 9.03. The van der Waals surface area contributed by atoms with E-state index < -0.39 is 0 Å². The Morgan fingerprint density at radius 1 is 1.05 bits per heavy atom. The van der Waals surface area contributed by atoms with Gasteiger partial charge >= 0.3 is 0 Å². The molecule has 0 N–H and O–H groups in total. The van der Waals surface area contributed by atoms with Crippen LogP contribution in [0.25, 0.3) is 0 Å². The minimum Gasteiger partial charge on any atom is -0.291 e. The molecule has 1 nitrogen and oxygen atoms in total. The second kappa shape index (κ2) is 12.2. The van der Waals surface area contributed by atoms with Gasteiger partial charge in [0.15, 0.2) is 0 Å². The van der Waals surface area contributed by atoms with Crippen molar-refractivity contribution in [1.82, 2.24) is 0 Å². The topological polar surface area (TPSA) is 12.4 Å². The van der Waals surface area contributed by atoms with Crippen LogP contribution in [0.1, 0.15) is 96.8 Å². The fourth-order valence-electron chi connectivity index (χ4n) is 3.07. The average molecular weight is 277 g/mol. The molecule has 0 bridgehead atoms. The molecule has 0 radical (unpaired) electrons. The summed E-state index contributed by atoms with van der Waals surface area (Å²) >= 11 is 0. The van der Waals surface area contributed by atoms with Gasteiger partial charge in [-0.05, 0) is 44.9 Å². The van der Waals surface area contributed by atoms with E-state index in [1.165, 1.54) is 95.6 Å². The minimum atomic E-state index is 0.652. The van der Waals surface area contributed by atoms with Crippen LogP contribution in [-0.4, -0.2) is 11.8 Å². The van der Waals surface area contributed by atoms with Crippen molar-refractivity contribution in [3.05, 3.63) is 12.7 Å². The van der Waals surface area contributed by atoms with Crippen molar-refractivity contribution < 1.29 is 0 Å². The van der Waals surface area contributed by atoms with Crippen molar-refractivity contribution in [3.8, 4) is 0 Å². The van der Waals surface area contributed by atoms with Crippen LogP contribution in [0.15, 0.2) is 17.6 Å². The zero-order valence-electron chi connectivity index (χ0n) is 13.7. The SMILES string of the molecule is C=CCCCCC1CCC(CCCCCCCCC)=N1. The van der Waals surface area contributed by atoms with Crippen LogP contribution in [0.3, 0.4) is 0 Å². The van der Waals surface area contributed by atoms with Crippen LogP contribution >= 0.6 is 0 Å². The van der Waals surface area contributed by atoms with Crippen molar-refractivity contribution in [1.29, 1.82) is 0 Å². The van der Waals surface area contributed by atoms with E-state index in [0.29, 0.717) is 6.04 Å². The Balaban J connectivity index is 1.97. The van der Waals surface area contributed by atoms with Gasteiger partial charge in [0.1, 0.15) is 0 Å². The van der Waals surface area contributed by atoms with Gasteiger partial charge in [-0.1, -0.05) is 57.9 Å². The van der Waals surface area contributed by atoms with E-state index in [1.807, 2.05) is 6.08 Å². The minimum absolute atomic E-state index is 0.652. The monoisotopic (exact) mass is 277 g/mol. The van der Waals surface area contributed by atoms with Gasteiger partial charge in [-0.3, -0.25) is 4.99 Å². The quantitative estimate of drug-likeness (QED) is 0.270. The molecule has 116 valence electrons. The fraction of sp³-hybridized carbons (Fsp3) is 0.842. The van der Waals surface area contributed by atoms with E-state index in [4.69, 9.17) is 4.99 Å². The summed E-state index contributed by atoms with van der Waals surface area (Å²) < 4.78 is 0. The lowest BCUT2D eigenvalue weighted by Gasteiger charge is -2.04. The molecular weight excluding hydrogens is 242 g/mol. The Bertz CT molecular complexity index is 267. The summed E-state index contributed by atoms with van der Waals surface area (Å²) in [5.74, 6) is 0. The molecule has 0 saturated heterocycles. The maximum absolute atomic E-state index is 4.92. The summed E-state index contributed by atoms with van der Waals surface area (Å²) in [5, 5.41) is 0. The van der Waals surface area contributed by atoms with Crippen LogP contribution in [-0.2, 0) is 0 Å². The second-order valence-electron chi connectivity index (χ2n) is 6.33. The Labute approximate surface area is 127 Å². The molecule has 1 unspecified atom stereocenters. The number of hydrogen-bond donors (Lipinski definition) is 0. The number of allylic oxidation sites excluding steroid dienone is 1. The predicted octanol–water partition coefficient (Wildman–Crippen LogP) is 6.48. The molecule has 1 heteroatoms. The van der Waals surface area contributed by atoms with Gasteiger partial charge in [-0.2, -0.15) is 0 Å². The highest BCUT2D eigenvalue weighted by Gasteiger charge is 2.16. The molecule has 0 amide bonds. The summed E-state index contributed by atoms with van der Waals surface area (Å²) in [5.41, 5.74) is 1.52. The Morgan fingerprint density at radius 3 is 2.55 bits per heavy atom. The lowest BCUT2D eigenvalue weighted by molar-refractivity contribution is 0.567. The molecule has 0 spiro atoms. The smallest absolute Gasteiger partial charge is 0.0502 e. The van der Waals surface area contributed by atoms with E-state index >= 15 is 0 Å². The second-order valence-corrected chi connectivity index (χ2v) is 6.33. The summed E-state index contributed by atoms with van der Waals surface area (Å²) in [6.07, 6.45) is 20.8. The van der Waals surface area contributed by atoms with Gasteiger partial charge in [0, 0.05) is 5.71 Å². The number of nitrogens with zero attached hydrogens (tertiary/aromatic N) is 1. The first-order valence-corrected chi connectivity index (χ1v) is 9.03. The summed E-state index contributed by atoms with van der Waals surface area (Å²) in [6, 6.07) is 0.652. The van der Waals surface area contributed by atoms with Gasteiger partial charge in [0.2, 0.25) is 0 Å². The molecule has 1 heterocycles. The standard InChI is InChI=1S/C19H35N/c1-3-5-7-9-10-11-13-15-19-17-16-18(20-19)14-12-8-6-4-2/h4,18H,2-3,5-17H2,1H3. The van der Waals surface area contributed by atoms with Crippen LogP contribution < -0.4 is 0 Å².